The summed E-state index contributed by atoms with van der Waals surface area (Å²) in [4.78, 5) is 25.7. The second-order valence-electron chi connectivity index (χ2n) is 5.07. The molecule has 1 saturated heterocycles. The molecule has 2 amide bonds. The molecule has 2 rings (SSSR count). The summed E-state index contributed by atoms with van der Waals surface area (Å²) < 4.78 is 5.27. The SMILES string of the molecule is CCOCCN1CCNC(CC(=O)NC2CC2)C1=O.Cl. The van der Waals surface area contributed by atoms with E-state index in [1.807, 2.05) is 6.92 Å². The van der Waals surface area contributed by atoms with E-state index < -0.39 is 0 Å². The first kappa shape index (κ1) is 17.2. The standard InChI is InChI=1S/C13H23N3O3.ClH/c1-2-19-8-7-16-6-5-14-11(13(16)18)9-12(17)15-10-3-4-10;/h10-11,14H,2-9H2,1H3,(H,15,17);1H. The third kappa shape index (κ3) is 5.26. The highest BCUT2D eigenvalue weighted by Gasteiger charge is 2.31. The molecule has 116 valence electrons. The van der Waals surface area contributed by atoms with Crippen molar-refractivity contribution in [2.45, 2.75) is 38.3 Å². The summed E-state index contributed by atoms with van der Waals surface area (Å²) in [6, 6.07) is -0.0330. The molecule has 0 aromatic heterocycles. The van der Waals surface area contributed by atoms with Crippen molar-refractivity contribution in [1.29, 1.82) is 0 Å². The van der Waals surface area contributed by atoms with Crippen molar-refractivity contribution in [1.82, 2.24) is 15.5 Å². The van der Waals surface area contributed by atoms with Gasteiger partial charge in [-0.3, -0.25) is 9.59 Å². The van der Waals surface area contributed by atoms with E-state index in [0.717, 1.165) is 19.4 Å². The normalized spacial score (nSPS) is 22.4. The van der Waals surface area contributed by atoms with Gasteiger partial charge in [-0.2, -0.15) is 0 Å². The van der Waals surface area contributed by atoms with Crippen molar-refractivity contribution < 1.29 is 14.3 Å². The van der Waals surface area contributed by atoms with Gasteiger partial charge < -0.3 is 20.3 Å². The largest absolute Gasteiger partial charge is 0.380 e. The number of piperazine rings is 1. The number of amides is 2. The van der Waals surface area contributed by atoms with Gasteiger partial charge in [-0.25, -0.2) is 0 Å². The molecule has 1 heterocycles. The first-order valence-corrected chi connectivity index (χ1v) is 7.10. The molecule has 1 unspecified atom stereocenters. The molecular weight excluding hydrogens is 282 g/mol. The fourth-order valence-electron chi connectivity index (χ4n) is 2.19. The molecular formula is C13H24ClN3O3. The minimum absolute atomic E-state index is 0. The predicted octanol–water partition coefficient (Wildman–Crippen LogP) is -0.0862. The van der Waals surface area contributed by atoms with Gasteiger partial charge in [-0.15, -0.1) is 12.4 Å². The van der Waals surface area contributed by atoms with Crippen molar-refractivity contribution in [3.8, 4) is 0 Å². The van der Waals surface area contributed by atoms with E-state index in [0.29, 0.717) is 32.3 Å². The van der Waals surface area contributed by atoms with Gasteiger partial charge in [-0.1, -0.05) is 0 Å². The Morgan fingerprint density at radius 3 is 2.90 bits per heavy atom. The average molecular weight is 306 g/mol. The summed E-state index contributed by atoms with van der Waals surface area (Å²) >= 11 is 0. The maximum Gasteiger partial charge on any atom is 0.240 e. The molecule has 0 radical (unpaired) electrons. The lowest BCUT2D eigenvalue weighted by Gasteiger charge is -2.32. The molecule has 2 N–H and O–H groups in total. The van der Waals surface area contributed by atoms with E-state index in [1.165, 1.54) is 0 Å². The molecule has 6 nitrogen and oxygen atoms in total. The first-order valence-electron chi connectivity index (χ1n) is 7.10. The fourth-order valence-corrected chi connectivity index (χ4v) is 2.19. The van der Waals surface area contributed by atoms with Crippen LogP contribution in [0.2, 0.25) is 0 Å². The van der Waals surface area contributed by atoms with Crippen LogP contribution >= 0.6 is 12.4 Å². The van der Waals surface area contributed by atoms with Crippen molar-refractivity contribution in [2.75, 3.05) is 32.8 Å². The van der Waals surface area contributed by atoms with E-state index in [1.54, 1.807) is 4.90 Å². The molecule has 1 aliphatic heterocycles. The van der Waals surface area contributed by atoms with Crippen LogP contribution in [-0.4, -0.2) is 61.6 Å². The summed E-state index contributed by atoms with van der Waals surface area (Å²) in [5, 5.41) is 6.04. The zero-order valence-electron chi connectivity index (χ0n) is 11.9. The Kier molecular flexibility index (Phi) is 7.26. The number of rotatable bonds is 7. The first-order chi connectivity index (χ1) is 9.20. The van der Waals surface area contributed by atoms with E-state index in [2.05, 4.69) is 10.6 Å². The Hall–Kier alpha value is -0.850. The molecule has 0 aromatic rings. The lowest BCUT2D eigenvalue weighted by atomic mass is 10.1. The van der Waals surface area contributed by atoms with Crippen LogP contribution < -0.4 is 10.6 Å². The van der Waals surface area contributed by atoms with Crippen LogP contribution in [0.5, 0.6) is 0 Å². The van der Waals surface area contributed by atoms with Crippen LogP contribution in [0.1, 0.15) is 26.2 Å². The lowest BCUT2D eigenvalue weighted by molar-refractivity contribution is -0.139. The minimum atomic E-state index is -0.380. The topological polar surface area (TPSA) is 70.7 Å². The molecule has 20 heavy (non-hydrogen) atoms. The van der Waals surface area contributed by atoms with E-state index in [-0.39, 0.29) is 36.7 Å². The summed E-state index contributed by atoms with van der Waals surface area (Å²) in [6.45, 7) is 5.18. The maximum absolute atomic E-state index is 12.2. The molecule has 1 saturated carbocycles. The third-order valence-corrected chi connectivity index (χ3v) is 3.42. The predicted molar refractivity (Wildman–Crippen MR) is 77.9 cm³/mol. The quantitative estimate of drug-likeness (QED) is 0.645. The van der Waals surface area contributed by atoms with Crippen LogP contribution in [-0.2, 0) is 14.3 Å². The van der Waals surface area contributed by atoms with Crippen LogP contribution in [0.15, 0.2) is 0 Å². The number of hydrogen-bond acceptors (Lipinski definition) is 4. The Morgan fingerprint density at radius 1 is 1.50 bits per heavy atom. The van der Waals surface area contributed by atoms with Gasteiger partial charge in [0.2, 0.25) is 11.8 Å². The number of hydrogen-bond donors (Lipinski definition) is 2. The highest BCUT2D eigenvalue weighted by Crippen LogP contribution is 2.19. The molecule has 1 atom stereocenters. The third-order valence-electron chi connectivity index (χ3n) is 3.42. The number of nitrogens with zero attached hydrogens (tertiary/aromatic N) is 1. The number of carbonyl (C=O) groups excluding carboxylic acids is 2. The highest BCUT2D eigenvalue weighted by molar-refractivity contribution is 5.89. The second kappa shape index (κ2) is 8.44. The minimum Gasteiger partial charge on any atom is -0.380 e. The van der Waals surface area contributed by atoms with Crippen molar-refractivity contribution in [3.63, 3.8) is 0 Å². The number of nitrogens with one attached hydrogen (secondary N) is 2. The number of ether oxygens (including phenoxy) is 1. The summed E-state index contributed by atoms with van der Waals surface area (Å²) in [5.41, 5.74) is 0. The summed E-state index contributed by atoms with van der Waals surface area (Å²) in [5.74, 6) is -0.0168. The molecule has 1 aliphatic carbocycles. The van der Waals surface area contributed by atoms with Crippen molar-refractivity contribution in [3.05, 3.63) is 0 Å². The maximum atomic E-state index is 12.2. The summed E-state index contributed by atoms with van der Waals surface area (Å²) in [7, 11) is 0. The number of carbonyl (C=O) groups is 2. The number of halogens is 1. The fraction of sp³-hybridized carbons (Fsp3) is 0.846. The molecule has 0 spiro atoms. The van der Waals surface area contributed by atoms with Gasteiger partial charge in [0.25, 0.3) is 0 Å². The van der Waals surface area contributed by atoms with Gasteiger partial charge in [0, 0.05) is 32.3 Å². The zero-order chi connectivity index (χ0) is 13.7. The Morgan fingerprint density at radius 2 is 2.25 bits per heavy atom. The van der Waals surface area contributed by atoms with Crippen LogP contribution in [0.3, 0.4) is 0 Å². The van der Waals surface area contributed by atoms with E-state index >= 15 is 0 Å². The van der Waals surface area contributed by atoms with Crippen molar-refractivity contribution >= 4 is 24.2 Å². The Bertz CT molecular complexity index is 337. The van der Waals surface area contributed by atoms with E-state index in [4.69, 9.17) is 4.74 Å². The average Bonchev–Trinajstić information content (AvgIpc) is 3.18. The smallest absolute Gasteiger partial charge is 0.240 e. The highest BCUT2D eigenvalue weighted by atomic mass is 35.5. The van der Waals surface area contributed by atoms with Crippen molar-refractivity contribution in [2.24, 2.45) is 0 Å². The second-order valence-corrected chi connectivity index (χ2v) is 5.07. The molecule has 0 bridgehead atoms. The van der Waals surface area contributed by atoms with Gasteiger partial charge in [0.15, 0.2) is 0 Å². The van der Waals surface area contributed by atoms with Crippen LogP contribution in [0.25, 0.3) is 0 Å². The Balaban J connectivity index is 0.00000200. The monoisotopic (exact) mass is 305 g/mol. The molecule has 0 aromatic carbocycles. The van der Waals surface area contributed by atoms with Crippen LogP contribution in [0.4, 0.5) is 0 Å². The summed E-state index contributed by atoms with van der Waals surface area (Å²) in [6.07, 6.45) is 2.37. The lowest BCUT2D eigenvalue weighted by Crippen LogP contribution is -2.56. The van der Waals surface area contributed by atoms with Crippen LogP contribution in [0, 0.1) is 0 Å². The van der Waals surface area contributed by atoms with Gasteiger partial charge in [0.05, 0.1) is 19.1 Å². The molecule has 2 fully saturated rings. The Labute approximate surface area is 126 Å². The van der Waals surface area contributed by atoms with Gasteiger partial charge in [0.1, 0.15) is 0 Å². The molecule has 7 heteroatoms. The molecule has 2 aliphatic rings. The zero-order valence-corrected chi connectivity index (χ0v) is 12.7. The van der Waals surface area contributed by atoms with Gasteiger partial charge in [-0.05, 0) is 19.8 Å². The van der Waals surface area contributed by atoms with Gasteiger partial charge >= 0.3 is 0 Å². The van der Waals surface area contributed by atoms with E-state index in [9.17, 15) is 9.59 Å².